The van der Waals surface area contributed by atoms with Gasteiger partial charge in [-0.1, -0.05) is 0 Å². The molecule has 0 aromatic heterocycles. The van der Waals surface area contributed by atoms with Crippen molar-refractivity contribution < 1.29 is 0 Å². The molecule has 1 fully saturated rings. The Morgan fingerprint density at radius 3 is 2.50 bits per heavy atom. The zero-order valence-electron chi connectivity index (χ0n) is 10.1. The predicted molar refractivity (Wildman–Crippen MR) is 64.1 cm³/mol. The molecule has 0 spiro atoms. The molecule has 1 heterocycles. The van der Waals surface area contributed by atoms with Gasteiger partial charge in [0, 0.05) is 16.8 Å². The fourth-order valence-corrected chi connectivity index (χ4v) is 7.47. The number of hydrazone groups is 1. The van der Waals surface area contributed by atoms with E-state index in [0.717, 1.165) is 5.54 Å². The zero-order valence-corrected chi connectivity index (χ0v) is 11.1. The molecule has 2 rings (SSSR count). The Morgan fingerprint density at radius 1 is 1.36 bits per heavy atom. The first-order chi connectivity index (χ1) is 6.33. The van der Waals surface area contributed by atoms with E-state index < -0.39 is 8.24 Å². The zero-order chi connectivity index (χ0) is 10.6. The Balaban J connectivity index is 2.33. The molecule has 2 aliphatic rings. The lowest BCUT2D eigenvalue weighted by atomic mass is 10.1. The molecule has 1 aliphatic heterocycles. The molecule has 1 saturated carbocycles. The topological polar surface area (TPSA) is 15.6 Å². The number of hydrogen-bond acceptors (Lipinski definition) is 2. The number of nitrogens with zero attached hydrogens (tertiary/aromatic N) is 2. The van der Waals surface area contributed by atoms with E-state index in [1.54, 1.807) is 0 Å². The second-order valence-corrected chi connectivity index (χ2v) is 10.6. The Bertz CT molecular complexity index is 276. The summed E-state index contributed by atoms with van der Waals surface area (Å²) in [6.07, 6.45) is 4.02. The van der Waals surface area contributed by atoms with Crippen LogP contribution in [-0.4, -0.2) is 24.2 Å². The molecule has 1 unspecified atom stereocenters. The van der Waals surface area contributed by atoms with E-state index in [-0.39, 0.29) is 5.54 Å². The van der Waals surface area contributed by atoms with Gasteiger partial charge in [-0.2, -0.15) is 5.10 Å². The van der Waals surface area contributed by atoms with Gasteiger partial charge in [0.25, 0.3) is 0 Å². The van der Waals surface area contributed by atoms with Crippen molar-refractivity contribution in [3.8, 4) is 0 Å². The lowest BCUT2D eigenvalue weighted by Gasteiger charge is -2.42. The van der Waals surface area contributed by atoms with Crippen LogP contribution in [-0.2, 0) is 0 Å². The molecule has 0 aromatic rings. The molecule has 3 heteroatoms. The Hall–Kier alpha value is -0.313. The average Bonchev–Trinajstić information content (AvgIpc) is 2.51. The van der Waals surface area contributed by atoms with Crippen LogP contribution in [0.25, 0.3) is 0 Å². The molecule has 2 nitrogen and oxygen atoms in total. The molecule has 0 amide bonds. The van der Waals surface area contributed by atoms with Crippen molar-refractivity contribution in [3.63, 3.8) is 0 Å². The number of hydrogen-bond donors (Lipinski definition) is 0. The number of rotatable bonds is 0. The van der Waals surface area contributed by atoms with Crippen LogP contribution in [0.2, 0.25) is 18.6 Å². The third-order valence-electron chi connectivity index (χ3n) is 3.59. The van der Waals surface area contributed by atoms with Crippen LogP contribution in [0.15, 0.2) is 5.10 Å². The highest BCUT2D eigenvalue weighted by Gasteiger charge is 2.51. The normalized spacial score (nSPS) is 30.5. The molecule has 0 saturated heterocycles. The summed E-state index contributed by atoms with van der Waals surface area (Å²) in [6, 6.07) is 0. The van der Waals surface area contributed by atoms with Crippen LogP contribution in [0.4, 0.5) is 0 Å². The largest absolute Gasteiger partial charge is 0.319 e. The summed E-state index contributed by atoms with van der Waals surface area (Å²) in [5.41, 5.74) is 2.57. The fourth-order valence-electron chi connectivity index (χ4n) is 3.13. The van der Waals surface area contributed by atoms with Crippen molar-refractivity contribution in [1.29, 1.82) is 0 Å². The highest BCUT2D eigenvalue weighted by Crippen LogP contribution is 2.45. The highest BCUT2D eigenvalue weighted by molar-refractivity contribution is 6.80. The highest BCUT2D eigenvalue weighted by atomic mass is 28.3. The summed E-state index contributed by atoms with van der Waals surface area (Å²) in [7, 11) is -1.31. The van der Waals surface area contributed by atoms with E-state index in [1.807, 2.05) is 0 Å². The minimum Gasteiger partial charge on any atom is -0.319 e. The van der Waals surface area contributed by atoms with Gasteiger partial charge in [-0.05, 0) is 53.1 Å². The van der Waals surface area contributed by atoms with Gasteiger partial charge < -0.3 is 4.67 Å². The van der Waals surface area contributed by atoms with Crippen LogP contribution in [0.1, 0.15) is 40.0 Å². The summed E-state index contributed by atoms with van der Waals surface area (Å²) >= 11 is 0. The Kier molecular flexibility index (Phi) is 2.07. The second-order valence-electron chi connectivity index (χ2n) is 6.17. The van der Waals surface area contributed by atoms with E-state index in [0.29, 0.717) is 0 Å². The van der Waals surface area contributed by atoms with E-state index in [9.17, 15) is 0 Å². The molecular formula is C11H22N2Si. The lowest BCUT2D eigenvalue weighted by Crippen LogP contribution is -2.53. The van der Waals surface area contributed by atoms with E-state index >= 15 is 0 Å². The van der Waals surface area contributed by atoms with Crippen LogP contribution in [0.3, 0.4) is 0 Å². The monoisotopic (exact) mass is 210 g/mol. The molecule has 0 bridgehead atoms. The van der Waals surface area contributed by atoms with Crippen LogP contribution < -0.4 is 0 Å². The standard InChI is InChI=1S/C11H22N2Si/c1-11(2,3)13-12-9-7-6-8-10(9)14(13,4)5/h10H,6-8H2,1-5H3. The number of fused-ring (bicyclic) bond motifs is 1. The molecule has 1 aliphatic carbocycles. The van der Waals surface area contributed by atoms with Crippen molar-refractivity contribution in [2.45, 2.75) is 64.2 Å². The first kappa shape index (κ1) is 10.2. The van der Waals surface area contributed by atoms with Gasteiger partial charge in [0.1, 0.15) is 0 Å². The lowest BCUT2D eigenvalue weighted by molar-refractivity contribution is 0.254. The van der Waals surface area contributed by atoms with Crippen LogP contribution in [0.5, 0.6) is 0 Å². The van der Waals surface area contributed by atoms with Gasteiger partial charge in [0.05, 0.1) is 0 Å². The molecule has 0 radical (unpaired) electrons. The van der Waals surface area contributed by atoms with E-state index in [1.165, 1.54) is 25.0 Å². The smallest absolute Gasteiger partial charge is 0.181 e. The van der Waals surface area contributed by atoms with Gasteiger partial charge in [0.15, 0.2) is 8.24 Å². The van der Waals surface area contributed by atoms with Gasteiger partial charge in [-0.25, -0.2) is 0 Å². The molecule has 80 valence electrons. The van der Waals surface area contributed by atoms with Crippen molar-refractivity contribution in [3.05, 3.63) is 0 Å². The van der Waals surface area contributed by atoms with Crippen LogP contribution in [0, 0.1) is 0 Å². The summed E-state index contributed by atoms with van der Waals surface area (Å²) in [6.45, 7) is 11.8. The summed E-state index contributed by atoms with van der Waals surface area (Å²) in [5.74, 6) is 0. The minimum absolute atomic E-state index is 0.215. The van der Waals surface area contributed by atoms with Crippen LogP contribution >= 0.6 is 0 Å². The minimum atomic E-state index is -1.31. The molecule has 0 N–H and O–H groups in total. The maximum Gasteiger partial charge on any atom is 0.181 e. The third kappa shape index (κ3) is 1.33. The molecule has 1 atom stereocenters. The van der Waals surface area contributed by atoms with Gasteiger partial charge in [-0.15, -0.1) is 0 Å². The Labute approximate surface area is 88.5 Å². The Morgan fingerprint density at radius 2 is 2.00 bits per heavy atom. The fraction of sp³-hybridized carbons (Fsp3) is 0.909. The quantitative estimate of drug-likeness (QED) is 0.561. The SMILES string of the molecule is CC(C)(C)N1N=C2CCCC2[Si]1(C)C. The molecule has 0 aromatic carbocycles. The first-order valence-electron chi connectivity index (χ1n) is 5.71. The van der Waals surface area contributed by atoms with Crippen molar-refractivity contribution in [1.82, 2.24) is 4.67 Å². The van der Waals surface area contributed by atoms with E-state index in [2.05, 4.69) is 38.5 Å². The van der Waals surface area contributed by atoms with Gasteiger partial charge in [0.2, 0.25) is 0 Å². The van der Waals surface area contributed by atoms with Crippen molar-refractivity contribution in [2.24, 2.45) is 5.10 Å². The summed E-state index contributed by atoms with van der Waals surface area (Å²) in [5, 5.41) is 4.89. The van der Waals surface area contributed by atoms with Crippen molar-refractivity contribution in [2.75, 3.05) is 0 Å². The molecule has 14 heavy (non-hydrogen) atoms. The van der Waals surface area contributed by atoms with Gasteiger partial charge >= 0.3 is 0 Å². The van der Waals surface area contributed by atoms with Gasteiger partial charge in [-0.3, -0.25) is 0 Å². The predicted octanol–water partition coefficient (Wildman–Crippen LogP) is 3.22. The maximum absolute atomic E-state index is 4.89. The maximum atomic E-state index is 4.89. The average molecular weight is 210 g/mol. The second kappa shape index (κ2) is 2.84. The third-order valence-corrected chi connectivity index (χ3v) is 7.78. The summed E-state index contributed by atoms with van der Waals surface area (Å²) in [4.78, 5) is 0. The first-order valence-corrected chi connectivity index (χ1v) is 8.73. The van der Waals surface area contributed by atoms with E-state index in [4.69, 9.17) is 5.10 Å². The summed E-state index contributed by atoms with van der Waals surface area (Å²) < 4.78 is 2.46. The van der Waals surface area contributed by atoms with Crippen molar-refractivity contribution >= 4 is 13.9 Å². The molecular weight excluding hydrogens is 188 g/mol.